The number of rotatable bonds is 3. The Bertz CT molecular complexity index is 46.8. The smallest absolute Gasteiger partial charge is 0.239 e. The quantitative estimate of drug-likeness (QED) is 0.504. The lowest BCUT2D eigenvalue weighted by Crippen LogP contribution is -2.24. The third-order valence-electron chi connectivity index (χ3n) is 0.507. The molecule has 0 aliphatic carbocycles. The maximum Gasteiger partial charge on any atom is 0.239 e. The molecule has 0 fully saturated rings. The molecule has 6 heteroatoms. The minimum absolute atomic E-state index is 0. The molecule has 0 radical (unpaired) electrons. The number of alkyl halides is 2. The van der Waals surface area contributed by atoms with Gasteiger partial charge in [0.15, 0.2) is 0 Å². The van der Waals surface area contributed by atoms with Crippen LogP contribution in [-0.4, -0.2) is 13.0 Å². The van der Waals surface area contributed by atoms with Crippen LogP contribution < -0.4 is 11.3 Å². The Morgan fingerprint density at radius 2 is 1.78 bits per heavy atom. The standard InChI is InChI=1S/C3H8F2N2.2ClH/c4-3(5)1-2-7-6;;/h3,7H,1-2,6H2;2*1H. The van der Waals surface area contributed by atoms with E-state index in [0.29, 0.717) is 0 Å². The first-order chi connectivity index (χ1) is 3.27. The number of halogens is 4. The van der Waals surface area contributed by atoms with Crippen molar-refractivity contribution in [3.05, 3.63) is 0 Å². The summed E-state index contributed by atoms with van der Waals surface area (Å²) in [6, 6.07) is 0. The van der Waals surface area contributed by atoms with Crippen LogP contribution >= 0.6 is 24.8 Å². The summed E-state index contributed by atoms with van der Waals surface area (Å²) in [4.78, 5) is 0. The SMILES string of the molecule is Cl.Cl.NNCCC(F)F. The van der Waals surface area contributed by atoms with Crippen LogP contribution in [0.1, 0.15) is 6.42 Å². The van der Waals surface area contributed by atoms with E-state index in [-0.39, 0.29) is 37.8 Å². The minimum atomic E-state index is -2.24. The van der Waals surface area contributed by atoms with E-state index in [2.05, 4.69) is 5.43 Å². The van der Waals surface area contributed by atoms with Gasteiger partial charge in [0.2, 0.25) is 6.43 Å². The number of hydrogen-bond acceptors (Lipinski definition) is 2. The van der Waals surface area contributed by atoms with E-state index in [4.69, 9.17) is 5.84 Å². The highest BCUT2D eigenvalue weighted by molar-refractivity contribution is 5.85. The van der Waals surface area contributed by atoms with Gasteiger partial charge in [-0.3, -0.25) is 11.3 Å². The maximum absolute atomic E-state index is 11.1. The van der Waals surface area contributed by atoms with Crippen LogP contribution in [0.4, 0.5) is 8.78 Å². The van der Waals surface area contributed by atoms with Crippen LogP contribution in [0.5, 0.6) is 0 Å². The van der Waals surface area contributed by atoms with Crippen molar-refractivity contribution in [2.75, 3.05) is 6.54 Å². The summed E-state index contributed by atoms with van der Waals surface area (Å²) in [5.41, 5.74) is 2.12. The zero-order valence-corrected chi connectivity index (χ0v) is 6.27. The molecule has 9 heavy (non-hydrogen) atoms. The first-order valence-electron chi connectivity index (χ1n) is 1.99. The molecule has 0 bridgehead atoms. The van der Waals surface area contributed by atoms with Gasteiger partial charge in [-0.25, -0.2) is 8.78 Å². The van der Waals surface area contributed by atoms with E-state index >= 15 is 0 Å². The van der Waals surface area contributed by atoms with Crippen molar-refractivity contribution in [1.82, 2.24) is 5.43 Å². The monoisotopic (exact) mass is 182 g/mol. The fraction of sp³-hybridized carbons (Fsp3) is 1.00. The third-order valence-corrected chi connectivity index (χ3v) is 0.507. The second-order valence-corrected chi connectivity index (χ2v) is 1.13. The fourth-order valence-electron chi connectivity index (χ4n) is 0.192. The van der Waals surface area contributed by atoms with Crippen LogP contribution in [0.25, 0.3) is 0 Å². The van der Waals surface area contributed by atoms with Gasteiger partial charge >= 0.3 is 0 Å². The minimum Gasteiger partial charge on any atom is -0.271 e. The van der Waals surface area contributed by atoms with E-state index in [1.54, 1.807) is 0 Å². The number of hydrogen-bond donors (Lipinski definition) is 2. The molecule has 0 aromatic heterocycles. The first kappa shape index (κ1) is 16.2. The van der Waals surface area contributed by atoms with E-state index in [0.717, 1.165) is 0 Å². The van der Waals surface area contributed by atoms with E-state index in [9.17, 15) is 8.78 Å². The van der Waals surface area contributed by atoms with Gasteiger partial charge in [0, 0.05) is 13.0 Å². The molecule has 0 aromatic carbocycles. The average molecular weight is 183 g/mol. The van der Waals surface area contributed by atoms with Gasteiger partial charge < -0.3 is 0 Å². The van der Waals surface area contributed by atoms with Crippen molar-refractivity contribution in [2.45, 2.75) is 12.8 Å². The van der Waals surface area contributed by atoms with E-state index < -0.39 is 6.43 Å². The molecule has 0 aliphatic rings. The van der Waals surface area contributed by atoms with Crippen molar-refractivity contribution in [3.63, 3.8) is 0 Å². The lowest BCUT2D eigenvalue weighted by Gasteiger charge is -1.94. The molecule has 60 valence electrons. The second-order valence-electron chi connectivity index (χ2n) is 1.13. The Kier molecular flexibility index (Phi) is 20.1. The van der Waals surface area contributed by atoms with Gasteiger partial charge in [-0.05, 0) is 0 Å². The topological polar surface area (TPSA) is 38.0 Å². The molecule has 0 unspecified atom stereocenters. The molecule has 0 rings (SSSR count). The molecular formula is C3H10Cl2F2N2. The summed E-state index contributed by atoms with van der Waals surface area (Å²) in [6.45, 7) is 0.178. The van der Waals surface area contributed by atoms with Gasteiger partial charge in [0.25, 0.3) is 0 Å². The second kappa shape index (κ2) is 11.2. The highest BCUT2D eigenvalue weighted by atomic mass is 35.5. The summed E-state index contributed by atoms with van der Waals surface area (Å²) in [6.07, 6.45) is -2.41. The molecule has 0 saturated carbocycles. The predicted molar refractivity (Wildman–Crippen MR) is 37.3 cm³/mol. The summed E-state index contributed by atoms with van der Waals surface area (Å²) in [5.74, 6) is 4.69. The largest absolute Gasteiger partial charge is 0.271 e. The van der Waals surface area contributed by atoms with Gasteiger partial charge in [0.1, 0.15) is 0 Å². The van der Waals surface area contributed by atoms with Crippen LogP contribution in [0.15, 0.2) is 0 Å². The van der Waals surface area contributed by atoms with Crippen molar-refractivity contribution in [3.8, 4) is 0 Å². The Morgan fingerprint density at radius 3 is 1.89 bits per heavy atom. The van der Waals surface area contributed by atoms with Crippen molar-refractivity contribution in [1.29, 1.82) is 0 Å². The fourth-order valence-corrected chi connectivity index (χ4v) is 0.192. The number of nitrogens with one attached hydrogen (secondary N) is 1. The van der Waals surface area contributed by atoms with Gasteiger partial charge in [-0.2, -0.15) is 0 Å². The molecule has 0 heterocycles. The van der Waals surface area contributed by atoms with Crippen molar-refractivity contribution in [2.24, 2.45) is 5.84 Å². The van der Waals surface area contributed by atoms with Crippen molar-refractivity contribution >= 4 is 24.8 Å². The average Bonchev–Trinajstić information content (AvgIpc) is 1.61. The first-order valence-corrected chi connectivity index (χ1v) is 1.99. The lowest BCUT2D eigenvalue weighted by atomic mass is 10.5. The predicted octanol–water partition coefficient (Wildman–Crippen LogP) is 0.949. The maximum atomic E-state index is 11.1. The summed E-state index contributed by atoms with van der Waals surface area (Å²) >= 11 is 0. The molecule has 2 nitrogen and oxygen atoms in total. The Labute approximate surface area is 65.0 Å². The number of hydrazine groups is 1. The zero-order chi connectivity index (χ0) is 5.70. The highest BCUT2D eigenvalue weighted by Gasteiger charge is 1.97. The zero-order valence-electron chi connectivity index (χ0n) is 4.64. The van der Waals surface area contributed by atoms with Crippen LogP contribution in [0.2, 0.25) is 0 Å². The summed E-state index contributed by atoms with van der Waals surface area (Å²) in [7, 11) is 0. The van der Waals surface area contributed by atoms with Gasteiger partial charge in [-0.1, -0.05) is 0 Å². The molecule has 0 saturated heterocycles. The summed E-state index contributed by atoms with van der Waals surface area (Å²) in [5, 5.41) is 0. The Balaban J connectivity index is -0.000000180. The third kappa shape index (κ3) is 17.8. The molecular weight excluding hydrogens is 173 g/mol. The molecule has 0 aliphatic heterocycles. The highest BCUT2D eigenvalue weighted by Crippen LogP contribution is 1.94. The molecule has 0 aromatic rings. The Morgan fingerprint density at radius 1 is 1.33 bits per heavy atom. The van der Waals surface area contributed by atoms with Gasteiger partial charge in [0.05, 0.1) is 0 Å². The molecule has 3 N–H and O–H groups in total. The summed E-state index contributed by atoms with van der Waals surface area (Å²) < 4.78 is 22.3. The van der Waals surface area contributed by atoms with Gasteiger partial charge in [-0.15, -0.1) is 24.8 Å². The molecule has 0 spiro atoms. The van der Waals surface area contributed by atoms with E-state index in [1.807, 2.05) is 0 Å². The number of nitrogens with two attached hydrogens (primary N) is 1. The van der Waals surface area contributed by atoms with Crippen LogP contribution in [0.3, 0.4) is 0 Å². The van der Waals surface area contributed by atoms with Crippen molar-refractivity contribution < 1.29 is 8.78 Å². The lowest BCUT2D eigenvalue weighted by molar-refractivity contribution is 0.137. The van der Waals surface area contributed by atoms with Crippen LogP contribution in [0, 0.1) is 0 Å². The normalized spacial score (nSPS) is 8.00. The van der Waals surface area contributed by atoms with Crippen LogP contribution in [-0.2, 0) is 0 Å². The molecule has 0 amide bonds. The molecule has 0 atom stereocenters. The Hall–Kier alpha value is 0.360. The van der Waals surface area contributed by atoms with E-state index in [1.165, 1.54) is 0 Å².